The van der Waals surface area contributed by atoms with E-state index in [0.29, 0.717) is 63.4 Å². The number of Topliss-reactive ketones (excluding diaryl/α,β-unsaturated/α-hetero) is 2. The number of carbonyl (C=O) groups excluding carboxylic acids is 5. The zero-order valence-electron chi connectivity index (χ0n) is 35.4. The number of ketones is 2. The molecule has 0 spiro atoms. The number of unbranched alkanes of at least 4 members (excludes halogenated alkanes) is 2. The SMILES string of the molecule is CC(C)(C)OC(=O)NCCCC[C@H](NC(=O)C1CCCC1)C(=O)COc1c(F)ccc(F)c1F.Cl.NCCCC[C@H](NC(=O)C1CCCC1)C(=O)COc1c(F)ccc(F)c1F. The van der Waals surface area contributed by atoms with Crippen molar-refractivity contribution in [3.05, 3.63) is 59.2 Å². The van der Waals surface area contributed by atoms with Crippen molar-refractivity contribution in [2.24, 2.45) is 17.6 Å². The van der Waals surface area contributed by atoms with E-state index in [2.05, 4.69) is 16.0 Å². The summed E-state index contributed by atoms with van der Waals surface area (Å²) >= 11 is 0. The normalized spacial score (nSPS) is 15.0. The molecular formula is C43H59ClF6N4O8. The zero-order valence-corrected chi connectivity index (χ0v) is 36.2. The minimum atomic E-state index is -1.52. The van der Waals surface area contributed by atoms with Crippen LogP contribution in [0.25, 0.3) is 0 Å². The van der Waals surface area contributed by atoms with Gasteiger partial charge in [0.15, 0.2) is 46.3 Å². The Kier molecular flexibility index (Phi) is 23.1. The smallest absolute Gasteiger partial charge is 0.407 e. The Morgan fingerprint density at radius 2 is 1.03 bits per heavy atom. The molecule has 2 saturated carbocycles. The van der Waals surface area contributed by atoms with Crippen LogP contribution in [-0.2, 0) is 23.9 Å². The summed E-state index contributed by atoms with van der Waals surface area (Å²) in [6.45, 7) is 4.60. The van der Waals surface area contributed by atoms with Crippen LogP contribution in [0.1, 0.15) is 111 Å². The number of carbonyl (C=O) groups is 5. The van der Waals surface area contributed by atoms with Gasteiger partial charge in [-0.1, -0.05) is 25.7 Å². The predicted molar refractivity (Wildman–Crippen MR) is 220 cm³/mol. The summed E-state index contributed by atoms with van der Waals surface area (Å²) in [6, 6.07) is 0.916. The number of alkyl carbamates (subject to hydrolysis) is 1. The molecule has 12 nitrogen and oxygen atoms in total. The second-order valence-corrected chi connectivity index (χ2v) is 16.1. The first kappa shape index (κ1) is 53.6. The van der Waals surface area contributed by atoms with Crippen molar-refractivity contribution in [1.82, 2.24) is 16.0 Å². The molecule has 0 radical (unpaired) electrons. The lowest BCUT2D eigenvalue weighted by Gasteiger charge is -2.21. The third kappa shape index (κ3) is 18.0. The van der Waals surface area contributed by atoms with Crippen LogP contribution in [0, 0.1) is 46.7 Å². The number of benzene rings is 2. The minimum Gasteiger partial charge on any atom is -0.480 e. The van der Waals surface area contributed by atoms with Gasteiger partial charge in [0, 0.05) is 18.4 Å². The van der Waals surface area contributed by atoms with Gasteiger partial charge in [-0.15, -0.1) is 12.4 Å². The number of ether oxygens (including phenoxy) is 3. The van der Waals surface area contributed by atoms with Gasteiger partial charge >= 0.3 is 6.09 Å². The maximum atomic E-state index is 13.8. The fourth-order valence-electron chi connectivity index (χ4n) is 6.82. The number of amides is 3. The summed E-state index contributed by atoms with van der Waals surface area (Å²) in [4.78, 5) is 61.8. The van der Waals surface area contributed by atoms with E-state index in [0.717, 1.165) is 57.4 Å². The van der Waals surface area contributed by atoms with Gasteiger partial charge < -0.3 is 35.9 Å². The molecule has 2 aromatic rings. The quantitative estimate of drug-likeness (QED) is 0.0556. The third-order valence-electron chi connectivity index (χ3n) is 10.1. The first-order chi connectivity index (χ1) is 28.9. The molecule has 0 unspecified atom stereocenters. The number of nitrogens with two attached hydrogens (primary N) is 1. The van der Waals surface area contributed by atoms with Crippen LogP contribution in [0.5, 0.6) is 11.5 Å². The summed E-state index contributed by atoms with van der Waals surface area (Å²) in [6.07, 6.45) is 9.19. The van der Waals surface area contributed by atoms with Crippen LogP contribution in [0.4, 0.5) is 31.1 Å². The summed E-state index contributed by atoms with van der Waals surface area (Å²) in [7, 11) is 0. The van der Waals surface area contributed by atoms with Crippen molar-refractivity contribution in [2.45, 2.75) is 128 Å². The van der Waals surface area contributed by atoms with Crippen molar-refractivity contribution in [3.63, 3.8) is 0 Å². The van der Waals surface area contributed by atoms with E-state index in [4.69, 9.17) is 19.9 Å². The summed E-state index contributed by atoms with van der Waals surface area (Å²) in [5, 5.41) is 8.06. The largest absolute Gasteiger partial charge is 0.480 e. The lowest BCUT2D eigenvalue weighted by Crippen LogP contribution is -2.45. The number of hydrogen-bond donors (Lipinski definition) is 4. The van der Waals surface area contributed by atoms with E-state index in [9.17, 15) is 50.3 Å². The highest BCUT2D eigenvalue weighted by molar-refractivity contribution is 5.91. The Morgan fingerprint density at radius 1 is 0.645 bits per heavy atom. The lowest BCUT2D eigenvalue weighted by atomic mass is 10.0. The van der Waals surface area contributed by atoms with Gasteiger partial charge in [0.05, 0.1) is 12.1 Å². The molecule has 348 valence electrons. The van der Waals surface area contributed by atoms with Crippen LogP contribution in [-0.4, -0.2) is 73.5 Å². The first-order valence-electron chi connectivity index (χ1n) is 20.8. The molecule has 0 aromatic heterocycles. The number of rotatable bonds is 21. The van der Waals surface area contributed by atoms with Crippen LogP contribution in [0.2, 0.25) is 0 Å². The van der Waals surface area contributed by atoms with Crippen molar-refractivity contribution in [1.29, 1.82) is 0 Å². The number of hydrogen-bond acceptors (Lipinski definition) is 9. The first-order valence-corrected chi connectivity index (χ1v) is 20.8. The summed E-state index contributed by atoms with van der Waals surface area (Å²) in [5.41, 5.74) is 4.84. The van der Waals surface area contributed by atoms with Crippen LogP contribution < -0.4 is 31.2 Å². The topological polar surface area (TPSA) is 175 Å². The van der Waals surface area contributed by atoms with E-state index >= 15 is 0 Å². The van der Waals surface area contributed by atoms with Crippen LogP contribution >= 0.6 is 12.4 Å². The highest BCUT2D eigenvalue weighted by atomic mass is 35.5. The fourth-order valence-corrected chi connectivity index (χ4v) is 6.82. The molecule has 0 aliphatic heterocycles. The Labute approximate surface area is 364 Å². The lowest BCUT2D eigenvalue weighted by molar-refractivity contribution is -0.131. The Balaban J connectivity index is 0.000000430. The van der Waals surface area contributed by atoms with Crippen molar-refractivity contribution in [3.8, 4) is 11.5 Å². The van der Waals surface area contributed by atoms with Gasteiger partial charge in [-0.2, -0.15) is 8.78 Å². The van der Waals surface area contributed by atoms with E-state index in [1.165, 1.54) is 0 Å². The molecule has 5 N–H and O–H groups in total. The van der Waals surface area contributed by atoms with Crippen LogP contribution in [0.15, 0.2) is 24.3 Å². The zero-order chi connectivity index (χ0) is 45.1. The third-order valence-corrected chi connectivity index (χ3v) is 10.1. The summed E-state index contributed by atoms with van der Waals surface area (Å²) < 4.78 is 96.4. The van der Waals surface area contributed by atoms with Crippen molar-refractivity contribution < 1.29 is 64.5 Å². The molecule has 0 bridgehead atoms. The van der Waals surface area contributed by atoms with Gasteiger partial charge in [0.25, 0.3) is 0 Å². The predicted octanol–water partition coefficient (Wildman–Crippen LogP) is 7.70. The molecule has 2 aliphatic rings. The molecule has 19 heteroatoms. The molecule has 4 rings (SSSR count). The maximum Gasteiger partial charge on any atom is 0.407 e. The highest BCUT2D eigenvalue weighted by Gasteiger charge is 2.30. The number of halogens is 7. The van der Waals surface area contributed by atoms with Crippen molar-refractivity contribution in [2.75, 3.05) is 26.3 Å². The standard InChI is InChI=1S/C24H33F3N2O5.C19H25F3N2O3.ClH/c1-24(2,3)34-23(32)28-13-7-6-10-18(29-22(31)15-8-4-5-9-15)19(30)14-33-21-17(26)12-11-16(25)20(21)27;20-13-8-9-14(21)18(17(13)22)27-11-16(25)15(7-3-4-10-23)24-19(26)12-5-1-2-6-12;/h11-12,15,18H,4-10,13-14H2,1-3H3,(H,28,32)(H,29,31);8-9,12,15H,1-7,10-11,23H2,(H,24,26);1H/t18-;15-;/m00./s1. The molecule has 2 aliphatic carbocycles. The second-order valence-electron chi connectivity index (χ2n) is 16.1. The van der Waals surface area contributed by atoms with E-state index in [1.54, 1.807) is 20.8 Å². The Bertz CT molecular complexity index is 1790. The molecular weight excluding hydrogens is 850 g/mol. The molecule has 3 amide bonds. The fraction of sp³-hybridized carbons (Fsp3) is 0.605. The highest BCUT2D eigenvalue weighted by Crippen LogP contribution is 2.28. The Hall–Kier alpha value is -4.58. The van der Waals surface area contributed by atoms with Gasteiger partial charge in [0.2, 0.25) is 23.4 Å². The van der Waals surface area contributed by atoms with E-state index in [-0.39, 0.29) is 42.5 Å². The Morgan fingerprint density at radius 3 is 1.42 bits per heavy atom. The molecule has 0 heterocycles. The molecule has 0 saturated heterocycles. The van der Waals surface area contributed by atoms with E-state index < -0.39 is 95.0 Å². The number of nitrogens with one attached hydrogen (secondary N) is 3. The van der Waals surface area contributed by atoms with Gasteiger partial charge in [0.1, 0.15) is 18.8 Å². The van der Waals surface area contributed by atoms with Gasteiger partial charge in [-0.3, -0.25) is 19.2 Å². The second kappa shape index (κ2) is 26.8. The monoisotopic (exact) mass is 908 g/mol. The van der Waals surface area contributed by atoms with E-state index in [1.807, 2.05) is 0 Å². The average Bonchev–Trinajstić information content (AvgIpc) is 3.96. The van der Waals surface area contributed by atoms with Gasteiger partial charge in [-0.25, -0.2) is 22.4 Å². The average molecular weight is 909 g/mol. The van der Waals surface area contributed by atoms with Gasteiger partial charge in [-0.05, 0) is 116 Å². The minimum absolute atomic E-state index is 0. The molecule has 62 heavy (non-hydrogen) atoms. The molecule has 2 atom stereocenters. The molecule has 2 fully saturated rings. The summed E-state index contributed by atoms with van der Waals surface area (Å²) in [5.74, 6) is -11.6. The maximum absolute atomic E-state index is 13.8. The van der Waals surface area contributed by atoms with Crippen LogP contribution in [0.3, 0.4) is 0 Å². The van der Waals surface area contributed by atoms with Crippen molar-refractivity contribution >= 4 is 41.9 Å². The molecule has 2 aromatic carbocycles.